The van der Waals surface area contributed by atoms with E-state index in [1.165, 1.54) is 6.07 Å². The number of alkyl halides is 2. The molecule has 128 valence electrons. The fourth-order valence-electron chi connectivity index (χ4n) is 3.40. The van der Waals surface area contributed by atoms with Gasteiger partial charge in [-0.05, 0) is 31.4 Å². The van der Waals surface area contributed by atoms with Gasteiger partial charge < -0.3 is 14.6 Å². The van der Waals surface area contributed by atoms with E-state index >= 15 is 0 Å². The number of aromatic nitrogens is 3. The van der Waals surface area contributed by atoms with Crippen LogP contribution in [0.5, 0.6) is 5.75 Å². The van der Waals surface area contributed by atoms with E-state index in [-0.39, 0.29) is 11.8 Å². The molecule has 2 heterocycles. The topological polar surface area (TPSA) is 69.4 Å². The van der Waals surface area contributed by atoms with Crippen LogP contribution >= 0.6 is 0 Å². The van der Waals surface area contributed by atoms with Gasteiger partial charge in [-0.2, -0.15) is 8.78 Å². The summed E-state index contributed by atoms with van der Waals surface area (Å²) in [6, 6.07) is 6.09. The molecule has 1 aromatic carbocycles. The molecular formula is C16H17F2N3O3. The van der Waals surface area contributed by atoms with Crippen LogP contribution in [-0.2, 0) is 4.74 Å². The van der Waals surface area contributed by atoms with Crippen molar-refractivity contribution >= 4 is 0 Å². The lowest BCUT2D eigenvalue weighted by Gasteiger charge is -2.40. The number of nitrogens with zero attached hydrogens (tertiary/aromatic N) is 3. The van der Waals surface area contributed by atoms with Crippen molar-refractivity contribution in [3.05, 3.63) is 30.5 Å². The molecule has 6 nitrogen and oxygen atoms in total. The molecule has 0 unspecified atom stereocenters. The minimum atomic E-state index is -2.91. The van der Waals surface area contributed by atoms with Gasteiger partial charge in [-0.1, -0.05) is 17.3 Å². The first-order valence-electron chi connectivity index (χ1n) is 7.87. The van der Waals surface area contributed by atoms with Gasteiger partial charge in [0.1, 0.15) is 23.6 Å². The fourth-order valence-corrected chi connectivity index (χ4v) is 3.40. The Morgan fingerprint density at radius 1 is 1.33 bits per heavy atom. The van der Waals surface area contributed by atoms with Crippen LogP contribution in [-0.4, -0.2) is 45.0 Å². The molecule has 2 fully saturated rings. The summed E-state index contributed by atoms with van der Waals surface area (Å²) in [7, 11) is 0. The molecule has 2 aliphatic rings. The van der Waals surface area contributed by atoms with Crippen molar-refractivity contribution in [3.8, 4) is 17.0 Å². The third-order valence-corrected chi connectivity index (χ3v) is 4.87. The number of rotatable bonds is 4. The predicted octanol–water partition coefficient (Wildman–Crippen LogP) is 2.40. The van der Waals surface area contributed by atoms with E-state index in [4.69, 9.17) is 4.74 Å². The summed E-state index contributed by atoms with van der Waals surface area (Å²) in [5, 5.41) is 18.6. The fraction of sp³-hybridized carbons (Fsp3) is 0.500. The van der Waals surface area contributed by atoms with Gasteiger partial charge in [0, 0.05) is 5.56 Å². The highest BCUT2D eigenvalue weighted by Crippen LogP contribution is 2.47. The standard InChI is InChI=1S/C16H17F2N3O3/c17-15(18)24-13-5-2-1-4-10(13)11-8-21(20-19-11)12-9-23-16(14(12)22)6-3-7-16/h1-2,4-5,8,12,14-15,22H,3,6-7,9H2/t12-,14+/m0/s1. The quantitative estimate of drug-likeness (QED) is 0.928. The second-order valence-electron chi connectivity index (χ2n) is 6.20. The number of para-hydroxylation sites is 1. The van der Waals surface area contributed by atoms with Crippen molar-refractivity contribution in [2.24, 2.45) is 0 Å². The van der Waals surface area contributed by atoms with E-state index in [1.54, 1.807) is 29.1 Å². The van der Waals surface area contributed by atoms with E-state index in [2.05, 4.69) is 15.0 Å². The maximum Gasteiger partial charge on any atom is 0.387 e. The first-order valence-corrected chi connectivity index (χ1v) is 7.87. The Hall–Kier alpha value is -2.06. The number of aliphatic hydroxyl groups is 1. The SMILES string of the molecule is O[C@@H]1[C@@H](n2cc(-c3ccccc3OC(F)F)nn2)COC12CCC2. The van der Waals surface area contributed by atoms with E-state index in [1.807, 2.05) is 0 Å². The molecule has 8 heteroatoms. The molecule has 4 rings (SSSR count). The molecule has 1 saturated carbocycles. The first-order chi connectivity index (χ1) is 11.6. The molecule has 1 N–H and O–H groups in total. The van der Waals surface area contributed by atoms with Crippen molar-refractivity contribution in [2.75, 3.05) is 6.61 Å². The number of ether oxygens (including phenoxy) is 2. The number of hydrogen-bond donors (Lipinski definition) is 1. The largest absolute Gasteiger partial charge is 0.434 e. The Balaban J connectivity index is 1.60. The zero-order valence-corrected chi connectivity index (χ0v) is 12.8. The van der Waals surface area contributed by atoms with Gasteiger partial charge in [0.2, 0.25) is 0 Å². The Kier molecular flexibility index (Phi) is 3.73. The zero-order valence-electron chi connectivity index (χ0n) is 12.8. The number of benzene rings is 1. The van der Waals surface area contributed by atoms with Gasteiger partial charge in [0.25, 0.3) is 0 Å². The molecule has 1 aliphatic heterocycles. The van der Waals surface area contributed by atoms with Crippen LogP contribution in [0.15, 0.2) is 30.5 Å². The molecule has 1 aromatic heterocycles. The number of halogens is 2. The van der Waals surface area contributed by atoms with E-state index in [0.29, 0.717) is 17.9 Å². The highest BCUT2D eigenvalue weighted by atomic mass is 19.3. The number of aliphatic hydroxyl groups excluding tert-OH is 1. The summed E-state index contributed by atoms with van der Waals surface area (Å²) in [6.45, 7) is -2.55. The monoisotopic (exact) mass is 337 g/mol. The Labute approximate surface area is 137 Å². The van der Waals surface area contributed by atoms with Gasteiger partial charge in [0.15, 0.2) is 0 Å². The lowest BCUT2D eigenvalue weighted by Crippen LogP contribution is -2.47. The van der Waals surface area contributed by atoms with Crippen molar-refractivity contribution in [3.63, 3.8) is 0 Å². The Morgan fingerprint density at radius 3 is 2.79 bits per heavy atom. The Bertz CT molecular complexity index is 733. The predicted molar refractivity (Wildman–Crippen MR) is 79.7 cm³/mol. The normalized spacial score (nSPS) is 25.2. The van der Waals surface area contributed by atoms with Gasteiger partial charge >= 0.3 is 6.61 Å². The minimum absolute atomic E-state index is 0.0400. The van der Waals surface area contributed by atoms with Gasteiger partial charge in [-0.15, -0.1) is 5.10 Å². The van der Waals surface area contributed by atoms with E-state index in [0.717, 1.165) is 19.3 Å². The summed E-state index contributed by atoms with van der Waals surface area (Å²) < 4.78 is 36.9. The molecule has 1 spiro atoms. The average molecular weight is 337 g/mol. The second-order valence-corrected chi connectivity index (χ2v) is 6.20. The smallest absolute Gasteiger partial charge is 0.387 e. The summed E-state index contributed by atoms with van der Waals surface area (Å²) in [6.07, 6.45) is 3.72. The van der Waals surface area contributed by atoms with Crippen LogP contribution in [0.3, 0.4) is 0 Å². The third-order valence-electron chi connectivity index (χ3n) is 4.87. The van der Waals surface area contributed by atoms with Crippen LogP contribution in [0, 0.1) is 0 Å². The summed E-state index contributed by atoms with van der Waals surface area (Å²) in [4.78, 5) is 0. The van der Waals surface area contributed by atoms with Gasteiger partial charge in [-0.25, -0.2) is 4.68 Å². The van der Waals surface area contributed by atoms with Crippen molar-refractivity contribution < 1.29 is 23.4 Å². The van der Waals surface area contributed by atoms with Crippen LogP contribution in [0.4, 0.5) is 8.78 Å². The lowest BCUT2D eigenvalue weighted by atomic mass is 9.75. The van der Waals surface area contributed by atoms with Crippen molar-refractivity contribution in [1.82, 2.24) is 15.0 Å². The lowest BCUT2D eigenvalue weighted by molar-refractivity contribution is -0.111. The number of hydrogen-bond acceptors (Lipinski definition) is 5. The van der Waals surface area contributed by atoms with Gasteiger partial charge in [-0.3, -0.25) is 0 Å². The first kappa shape index (κ1) is 15.5. The summed E-state index contributed by atoms with van der Waals surface area (Å²) >= 11 is 0. The molecule has 0 radical (unpaired) electrons. The average Bonchev–Trinajstić information content (AvgIpc) is 3.11. The van der Waals surface area contributed by atoms with E-state index < -0.39 is 18.3 Å². The maximum absolute atomic E-state index is 12.5. The minimum Gasteiger partial charge on any atom is -0.434 e. The Morgan fingerprint density at radius 2 is 2.12 bits per heavy atom. The highest BCUT2D eigenvalue weighted by Gasteiger charge is 2.53. The van der Waals surface area contributed by atoms with Crippen molar-refractivity contribution in [2.45, 2.75) is 43.6 Å². The molecule has 1 saturated heterocycles. The molecule has 0 amide bonds. The van der Waals surface area contributed by atoms with Crippen LogP contribution in [0.1, 0.15) is 25.3 Å². The van der Waals surface area contributed by atoms with Crippen LogP contribution in [0.25, 0.3) is 11.3 Å². The second kappa shape index (κ2) is 5.78. The summed E-state index contributed by atoms with van der Waals surface area (Å²) in [5.74, 6) is 0.0400. The van der Waals surface area contributed by atoms with E-state index in [9.17, 15) is 13.9 Å². The van der Waals surface area contributed by atoms with Crippen molar-refractivity contribution in [1.29, 1.82) is 0 Å². The third kappa shape index (κ3) is 2.46. The molecule has 0 bridgehead atoms. The molecular weight excluding hydrogens is 320 g/mol. The van der Waals surface area contributed by atoms with Crippen LogP contribution < -0.4 is 4.74 Å². The molecule has 2 aromatic rings. The highest BCUT2D eigenvalue weighted by molar-refractivity contribution is 5.66. The molecule has 2 atom stereocenters. The van der Waals surface area contributed by atoms with Crippen LogP contribution in [0.2, 0.25) is 0 Å². The maximum atomic E-state index is 12.5. The van der Waals surface area contributed by atoms with Gasteiger partial charge in [0.05, 0.1) is 18.4 Å². The molecule has 1 aliphatic carbocycles. The summed E-state index contributed by atoms with van der Waals surface area (Å²) in [5.41, 5.74) is 0.386. The molecule has 24 heavy (non-hydrogen) atoms. The zero-order chi connectivity index (χ0) is 16.7.